The summed E-state index contributed by atoms with van der Waals surface area (Å²) in [5, 5.41) is 3.61. The summed E-state index contributed by atoms with van der Waals surface area (Å²) < 4.78 is 7.43. The molecule has 27 heavy (non-hydrogen) atoms. The Hall–Kier alpha value is -3.19. The van der Waals surface area contributed by atoms with Gasteiger partial charge in [-0.25, -0.2) is 15.0 Å². The van der Waals surface area contributed by atoms with E-state index in [4.69, 9.17) is 15.5 Å². The van der Waals surface area contributed by atoms with E-state index in [0.717, 1.165) is 34.8 Å². The van der Waals surface area contributed by atoms with Gasteiger partial charge in [-0.05, 0) is 31.2 Å². The fourth-order valence-corrected chi connectivity index (χ4v) is 3.51. The highest BCUT2D eigenvalue weighted by atomic mass is 16.5. The van der Waals surface area contributed by atoms with E-state index < -0.39 is 5.54 Å². The molecule has 1 unspecified atom stereocenters. The summed E-state index contributed by atoms with van der Waals surface area (Å²) >= 11 is 0. The summed E-state index contributed by atoms with van der Waals surface area (Å²) in [6.45, 7) is 2.63. The second-order valence-corrected chi connectivity index (χ2v) is 6.59. The third-order valence-corrected chi connectivity index (χ3v) is 4.72. The Kier molecular flexibility index (Phi) is 4.37. The van der Waals surface area contributed by atoms with Gasteiger partial charge in [-0.2, -0.15) is 0 Å². The molecule has 7 nitrogen and oxygen atoms in total. The van der Waals surface area contributed by atoms with Crippen LogP contribution in [0.2, 0.25) is 0 Å². The maximum absolute atomic E-state index is 5.86. The second kappa shape index (κ2) is 6.85. The van der Waals surface area contributed by atoms with Crippen LogP contribution >= 0.6 is 0 Å². The average molecular weight is 362 g/mol. The third-order valence-electron chi connectivity index (χ3n) is 4.72. The number of nitrogens with two attached hydrogens (primary N) is 1. The first-order valence-corrected chi connectivity index (χ1v) is 8.83. The molecule has 0 saturated carbocycles. The number of nitrogens with zero attached hydrogens (tertiary/aromatic N) is 4. The van der Waals surface area contributed by atoms with Crippen molar-refractivity contribution < 1.29 is 4.74 Å². The van der Waals surface area contributed by atoms with E-state index in [1.807, 2.05) is 47.9 Å². The largest absolute Gasteiger partial charge is 0.385 e. The number of ether oxygens (including phenoxy) is 1. The molecule has 1 atom stereocenters. The maximum atomic E-state index is 5.86. The van der Waals surface area contributed by atoms with E-state index in [0.29, 0.717) is 6.61 Å². The number of fused-ring (bicyclic) bond motifs is 1. The molecular weight excluding hydrogens is 340 g/mol. The smallest absolute Gasteiger partial charge is 0.220 e. The quantitative estimate of drug-likeness (QED) is 0.725. The molecule has 4 heterocycles. The number of anilines is 1. The van der Waals surface area contributed by atoms with Crippen molar-refractivity contribution in [3.8, 4) is 11.4 Å². The van der Waals surface area contributed by atoms with Crippen LogP contribution < -0.4 is 11.1 Å². The highest BCUT2D eigenvalue weighted by molar-refractivity contribution is 5.67. The third kappa shape index (κ3) is 3.06. The zero-order valence-corrected chi connectivity index (χ0v) is 15.4. The van der Waals surface area contributed by atoms with Crippen molar-refractivity contribution in [1.29, 1.82) is 0 Å². The molecule has 3 N–H and O–H groups in total. The average Bonchev–Trinajstić information content (AvgIpc) is 3.07. The number of imidazole rings is 1. The Labute approximate surface area is 157 Å². The summed E-state index contributed by atoms with van der Waals surface area (Å²) in [6, 6.07) is 7.79. The molecule has 0 aliphatic carbocycles. The molecule has 0 spiro atoms. The van der Waals surface area contributed by atoms with Crippen LogP contribution in [0.3, 0.4) is 0 Å². The molecule has 0 saturated heterocycles. The summed E-state index contributed by atoms with van der Waals surface area (Å²) in [4.78, 5) is 13.5. The van der Waals surface area contributed by atoms with E-state index in [2.05, 4.69) is 27.4 Å². The number of nitrogen functional groups attached to an aromatic ring is 1. The lowest BCUT2D eigenvalue weighted by Gasteiger charge is -2.34. The fourth-order valence-electron chi connectivity index (χ4n) is 3.51. The number of pyridine rings is 1. The predicted molar refractivity (Wildman–Crippen MR) is 105 cm³/mol. The van der Waals surface area contributed by atoms with Gasteiger partial charge in [-0.1, -0.05) is 18.2 Å². The highest BCUT2D eigenvalue weighted by Gasteiger charge is 2.37. The van der Waals surface area contributed by atoms with Gasteiger partial charge in [-0.3, -0.25) is 4.40 Å². The van der Waals surface area contributed by atoms with Gasteiger partial charge in [0, 0.05) is 38.2 Å². The molecule has 0 bridgehead atoms. The first kappa shape index (κ1) is 17.2. The lowest BCUT2D eigenvalue weighted by molar-refractivity contribution is 0.169. The molecule has 0 fully saturated rings. The van der Waals surface area contributed by atoms with Gasteiger partial charge in [0.05, 0.1) is 17.1 Å². The van der Waals surface area contributed by atoms with E-state index in [9.17, 15) is 0 Å². The van der Waals surface area contributed by atoms with Crippen molar-refractivity contribution in [1.82, 2.24) is 24.7 Å². The van der Waals surface area contributed by atoms with Gasteiger partial charge >= 0.3 is 0 Å². The Morgan fingerprint density at radius 3 is 2.93 bits per heavy atom. The van der Waals surface area contributed by atoms with Gasteiger partial charge in [0.25, 0.3) is 0 Å². The van der Waals surface area contributed by atoms with Crippen LogP contribution in [-0.2, 0) is 10.3 Å². The van der Waals surface area contributed by atoms with Gasteiger partial charge in [0.15, 0.2) is 0 Å². The van der Waals surface area contributed by atoms with Gasteiger partial charge in [0.2, 0.25) is 5.95 Å². The minimum Gasteiger partial charge on any atom is -0.385 e. The van der Waals surface area contributed by atoms with Crippen LogP contribution in [0.25, 0.3) is 17.0 Å². The van der Waals surface area contributed by atoms with Crippen LogP contribution in [0, 0.1) is 0 Å². The Morgan fingerprint density at radius 2 is 2.15 bits per heavy atom. The first-order chi connectivity index (χ1) is 13.1. The number of dihydropyridines is 1. The Balaban J connectivity index is 1.98. The molecule has 4 rings (SSSR count). The van der Waals surface area contributed by atoms with Crippen molar-refractivity contribution in [3.63, 3.8) is 0 Å². The van der Waals surface area contributed by atoms with E-state index in [1.54, 1.807) is 13.3 Å². The number of methoxy groups -OCH3 is 1. The zero-order valence-electron chi connectivity index (χ0n) is 15.4. The number of hydrogen-bond acceptors (Lipinski definition) is 6. The van der Waals surface area contributed by atoms with Crippen molar-refractivity contribution in [2.24, 2.45) is 0 Å². The summed E-state index contributed by atoms with van der Waals surface area (Å²) in [7, 11) is 1.71. The minimum absolute atomic E-state index is 0.235. The topological polar surface area (TPSA) is 90.4 Å². The van der Waals surface area contributed by atoms with Crippen molar-refractivity contribution in [3.05, 3.63) is 66.3 Å². The lowest BCUT2D eigenvalue weighted by atomic mass is 9.86. The standard InChI is InChI=1S/C20H22N6O/c1-14-6-5-9-20(25-14,10-13-27-2)18-17(15-8-11-22-19(21)23-15)26-12-4-3-7-16(26)24-18/h3-9,11-12,25H,10,13H2,1-2H3,(H2,21,22,23). The summed E-state index contributed by atoms with van der Waals surface area (Å²) in [6.07, 6.45) is 10.6. The molecule has 3 aromatic heterocycles. The maximum Gasteiger partial charge on any atom is 0.220 e. The molecule has 138 valence electrons. The van der Waals surface area contributed by atoms with Gasteiger partial charge < -0.3 is 15.8 Å². The van der Waals surface area contributed by atoms with E-state index in [1.165, 1.54) is 0 Å². The molecule has 7 heteroatoms. The number of hydrogen-bond donors (Lipinski definition) is 2. The molecule has 0 radical (unpaired) electrons. The Bertz CT molecular complexity index is 1040. The zero-order chi connectivity index (χ0) is 18.9. The lowest BCUT2D eigenvalue weighted by Crippen LogP contribution is -2.42. The van der Waals surface area contributed by atoms with Crippen LogP contribution in [0.4, 0.5) is 5.95 Å². The van der Waals surface area contributed by atoms with Crippen LogP contribution in [0.15, 0.2) is 60.6 Å². The van der Waals surface area contributed by atoms with Crippen molar-refractivity contribution in [2.75, 3.05) is 19.5 Å². The number of allylic oxidation sites excluding steroid dienone is 3. The minimum atomic E-state index is -0.504. The molecular formula is C20H22N6O. The summed E-state index contributed by atoms with van der Waals surface area (Å²) in [5.41, 5.74) is 9.78. The molecule has 1 aliphatic heterocycles. The van der Waals surface area contributed by atoms with E-state index >= 15 is 0 Å². The van der Waals surface area contributed by atoms with Crippen molar-refractivity contribution >= 4 is 11.6 Å². The van der Waals surface area contributed by atoms with Crippen LogP contribution in [0.5, 0.6) is 0 Å². The van der Waals surface area contributed by atoms with Crippen LogP contribution in [0.1, 0.15) is 19.0 Å². The summed E-state index contributed by atoms with van der Waals surface area (Å²) in [5.74, 6) is 0.235. The van der Waals surface area contributed by atoms with Crippen LogP contribution in [-0.4, -0.2) is 33.1 Å². The molecule has 0 aromatic carbocycles. The molecule has 1 aliphatic rings. The number of nitrogens with one attached hydrogen (secondary N) is 1. The predicted octanol–water partition coefficient (Wildman–Crippen LogP) is 2.67. The highest BCUT2D eigenvalue weighted by Crippen LogP contribution is 2.37. The molecule has 3 aromatic rings. The molecule has 0 amide bonds. The Morgan fingerprint density at radius 1 is 1.26 bits per heavy atom. The van der Waals surface area contributed by atoms with Gasteiger partial charge in [0.1, 0.15) is 11.2 Å². The monoisotopic (exact) mass is 362 g/mol. The SMILES string of the molecule is COCCC1(c2nc3ccccn3c2-c2ccnc(N)n2)C=CC=C(C)N1. The van der Waals surface area contributed by atoms with Gasteiger partial charge in [-0.15, -0.1) is 0 Å². The van der Waals surface area contributed by atoms with E-state index in [-0.39, 0.29) is 5.95 Å². The first-order valence-electron chi connectivity index (χ1n) is 8.83. The number of aromatic nitrogens is 4. The fraction of sp³-hybridized carbons (Fsp3) is 0.250. The second-order valence-electron chi connectivity index (χ2n) is 6.59. The normalized spacial score (nSPS) is 19.1. The number of rotatable bonds is 5. The van der Waals surface area contributed by atoms with Crippen molar-refractivity contribution in [2.45, 2.75) is 18.9 Å².